The van der Waals surface area contributed by atoms with Crippen molar-refractivity contribution in [2.75, 3.05) is 0 Å². The van der Waals surface area contributed by atoms with E-state index in [1.807, 2.05) is 0 Å². The number of pyridine rings is 1. The third kappa shape index (κ3) is 1.67. The second-order valence-electron chi connectivity index (χ2n) is 5.12. The van der Waals surface area contributed by atoms with Crippen molar-refractivity contribution < 1.29 is 0 Å². The van der Waals surface area contributed by atoms with Gasteiger partial charge in [0.2, 0.25) is 0 Å². The molecule has 0 aromatic carbocycles. The molecule has 0 N–H and O–H groups in total. The zero-order chi connectivity index (χ0) is 11.1. The van der Waals surface area contributed by atoms with Crippen molar-refractivity contribution in [2.45, 2.75) is 39.5 Å². The largest absolute Gasteiger partial charge is 0.323 e. The molecule has 0 unspecified atom stereocenters. The van der Waals surface area contributed by atoms with Crippen molar-refractivity contribution in [3.05, 3.63) is 41.7 Å². The maximum Gasteiger partial charge on any atom is 0.0484 e. The average Bonchev–Trinajstić information content (AvgIpc) is 2.55. The highest BCUT2D eigenvalue weighted by Gasteiger charge is 2.20. The zero-order valence-electron chi connectivity index (χ0n) is 10.0. The molecule has 0 spiro atoms. The van der Waals surface area contributed by atoms with E-state index in [4.69, 9.17) is 0 Å². The molecular formula is C14H19N. The van der Waals surface area contributed by atoms with Gasteiger partial charge in [0.15, 0.2) is 0 Å². The van der Waals surface area contributed by atoms with Gasteiger partial charge in [0, 0.05) is 17.9 Å². The second-order valence-corrected chi connectivity index (χ2v) is 5.12. The van der Waals surface area contributed by atoms with Gasteiger partial charge < -0.3 is 4.40 Å². The Bertz CT molecular complexity index is 472. The molecule has 15 heavy (non-hydrogen) atoms. The SMILES string of the molecule is CCc1c(C(C)(C)C)cn2ccccc12. The standard InChI is InChI=1S/C14H19N/c1-5-11-12(14(2,3)4)10-15-9-7-6-8-13(11)15/h6-10H,5H2,1-4H3. The summed E-state index contributed by atoms with van der Waals surface area (Å²) in [5, 5.41) is 0. The van der Waals surface area contributed by atoms with Crippen molar-refractivity contribution >= 4 is 5.52 Å². The van der Waals surface area contributed by atoms with E-state index in [0.29, 0.717) is 0 Å². The fraction of sp³-hybridized carbons (Fsp3) is 0.429. The molecule has 0 radical (unpaired) electrons. The topological polar surface area (TPSA) is 4.41 Å². The number of hydrogen-bond acceptors (Lipinski definition) is 0. The quantitative estimate of drug-likeness (QED) is 0.661. The highest BCUT2D eigenvalue weighted by Crippen LogP contribution is 2.30. The van der Waals surface area contributed by atoms with E-state index in [9.17, 15) is 0 Å². The minimum absolute atomic E-state index is 0.233. The Labute approximate surface area is 91.7 Å². The molecule has 2 rings (SSSR count). The molecule has 0 atom stereocenters. The summed E-state index contributed by atoms with van der Waals surface area (Å²) >= 11 is 0. The van der Waals surface area contributed by atoms with E-state index in [-0.39, 0.29) is 5.41 Å². The summed E-state index contributed by atoms with van der Waals surface area (Å²) in [4.78, 5) is 0. The van der Waals surface area contributed by atoms with Gasteiger partial charge in [-0.3, -0.25) is 0 Å². The first kappa shape index (κ1) is 10.3. The average molecular weight is 201 g/mol. The van der Waals surface area contributed by atoms with E-state index in [2.05, 4.69) is 62.7 Å². The Morgan fingerprint density at radius 3 is 2.53 bits per heavy atom. The first-order chi connectivity index (χ1) is 7.04. The molecule has 1 heteroatoms. The summed E-state index contributed by atoms with van der Waals surface area (Å²) < 4.78 is 2.24. The molecule has 0 fully saturated rings. The molecule has 80 valence electrons. The smallest absolute Gasteiger partial charge is 0.0484 e. The van der Waals surface area contributed by atoms with Gasteiger partial charge in [0.25, 0.3) is 0 Å². The molecule has 0 saturated heterocycles. The lowest BCUT2D eigenvalue weighted by Gasteiger charge is -2.18. The summed E-state index contributed by atoms with van der Waals surface area (Å²) in [7, 11) is 0. The van der Waals surface area contributed by atoms with Crippen LogP contribution < -0.4 is 0 Å². The maximum absolute atomic E-state index is 2.28. The number of rotatable bonds is 1. The van der Waals surface area contributed by atoms with E-state index in [1.54, 1.807) is 0 Å². The summed E-state index contributed by atoms with van der Waals surface area (Å²) in [6, 6.07) is 6.40. The van der Waals surface area contributed by atoms with Crippen molar-refractivity contribution in [2.24, 2.45) is 0 Å². The molecule has 0 bridgehead atoms. The highest BCUT2D eigenvalue weighted by atomic mass is 14.9. The molecule has 0 aliphatic rings. The number of aryl methyl sites for hydroxylation is 1. The second kappa shape index (κ2) is 3.41. The van der Waals surface area contributed by atoms with Gasteiger partial charge in [-0.1, -0.05) is 33.8 Å². The molecule has 0 aliphatic heterocycles. The van der Waals surface area contributed by atoms with Crippen molar-refractivity contribution in [1.82, 2.24) is 4.40 Å². The van der Waals surface area contributed by atoms with Crippen LogP contribution in [0.5, 0.6) is 0 Å². The van der Waals surface area contributed by atoms with E-state index in [0.717, 1.165) is 6.42 Å². The fourth-order valence-electron chi connectivity index (χ4n) is 2.20. The van der Waals surface area contributed by atoms with Gasteiger partial charge in [-0.2, -0.15) is 0 Å². The van der Waals surface area contributed by atoms with Crippen molar-refractivity contribution in [1.29, 1.82) is 0 Å². The van der Waals surface area contributed by atoms with Gasteiger partial charge in [-0.05, 0) is 35.1 Å². The molecule has 0 aliphatic carbocycles. The molecule has 2 heterocycles. The number of hydrogen-bond donors (Lipinski definition) is 0. The van der Waals surface area contributed by atoms with Crippen LogP contribution >= 0.6 is 0 Å². The predicted octanol–water partition coefficient (Wildman–Crippen LogP) is 3.80. The van der Waals surface area contributed by atoms with Crippen molar-refractivity contribution in [3.8, 4) is 0 Å². The first-order valence-corrected chi connectivity index (χ1v) is 5.63. The summed E-state index contributed by atoms with van der Waals surface area (Å²) in [6.07, 6.45) is 5.50. The lowest BCUT2D eigenvalue weighted by Crippen LogP contribution is -2.12. The van der Waals surface area contributed by atoms with Crippen LogP contribution in [0, 0.1) is 0 Å². The maximum atomic E-state index is 2.28. The predicted molar refractivity (Wildman–Crippen MR) is 65.5 cm³/mol. The summed E-state index contributed by atoms with van der Waals surface area (Å²) in [5.74, 6) is 0. The van der Waals surface area contributed by atoms with Crippen LogP contribution in [-0.4, -0.2) is 4.40 Å². The van der Waals surface area contributed by atoms with Gasteiger partial charge in [-0.25, -0.2) is 0 Å². The third-order valence-corrected chi connectivity index (χ3v) is 2.95. The molecule has 2 aromatic heterocycles. The third-order valence-electron chi connectivity index (χ3n) is 2.95. The lowest BCUT2D eigenvalue weighted by molar-refractivity contribution is 0.585. The Hall–Kier alpha value is -1.24. The lowest BCUT2D eigenvalue weighted by atomic mass is 9.85. The molecule has 0 amide bonds. The van der Waals surface area contributed by atoms with Crippen LogP contribution in [-0.2, 0) is 11.8 Å². The number of aromatic nitrogens is 1. The van der Waals surface area contributed by atoms with E-state index in [1.165, 1.54) is 16.6 Å². The van der Waals surface area contributed by atoms with Gasteiger partial charge in [0.1, 0.15) is 0 Å². The summed E-state index contributed by atoms with van der Waals surface area (Å²) in [6.45, 7) is 9.07. The summed E-state index contributed by atoms with van der Waals surface area (Å²) in [5.41, 5.74) is 4.54. The molecule has 0 saturated carbocycles. The highest BCUT2D eigenvalue weighted by molar-refractivity contribution is 5.60. The molecular weight excluding hydrogens is 182 g/mol. The monoisotopic (exact) mass is 201 g/mol. The number of fused-ring (bicyclic) bond motifs is 1. The van der Waals surface area contributed by atoms with Gasteiger partial charge in [-0.15, -0.1) is 0 Å². The van der Waals surface area contributed by atoms with Crippen LogP contribution in [0.25, 0.3) is 5.52 Å². The minimum Gasteiger partial charge on any atom is -0.323 e. The van der Waals surface area contributed by atoms with Crippen molar-refractivity contribution in [3.63, 3.8) is 0 Å². The van der Waals surface area contributed by atoms with Crippen LogP contribution in [0.15, 0.2) is 30.6 Å². The van der Waals surface area contributed by atoms with Crippen LogP contribution in [0.3, 0.4) is 0 Å². The van der Waals surface area contributed by atoms with Crippen LogP contribution in [0.4, 0.5) is 0 Å². The van der Waals surface area contributed by atoms with E-state index < -0.39 is 0 Å². The Balaban J connectivity index is 2.75. The van der Waals surface area contributed by atoms with Gasteiger partial charge in [0.05, 0.1) is 0 Å². The first-order valence-electron chi connectivity index (χ1n) is 5.63. The molecule has 2 aromatic rings. The fourth-order valence-corrected chi connectivity index (χ4v) is 2.20. The Morgan fingerprint density at radius 2 is 1.93 bits per heavy atom. The number of nitrogens with zero attached hydrogens (tertiary/aromatic N) is 1. The minimum atomic E-state index is 0.233. The van der Waals surface area contributed by atoms with E-state index >= 15 is 0 Å². The Kier molecular flexibility index (Phi) is 2.34. The Morgan fingerprint density at radius 1 is 1.20 bits per heavy atom. The normalized spacial score (nSPS) is 12.3. The van der Waals surface area contributed by atoms with Crippen LogP contribution in [0.1, 0.15) is 38.8 Å². The zero-order valence-corrected chi connectivity index (χ0v) is 10.0. The molecule has 1 nitrogen and oxygen atoms in total. The van der Waals surface area contributed by atoms with Crippen LogP contribution in [0.2, 0.25) is 0 Å². The van der Waals surface area contributed by atoms with Gasteiger partial charge >= 0.3 is 0 Å².